The predicted molar refractivity (Wildman–Crippen MR) is 92.2 cm³/mol. The molecule has 0 saturated carbocycles. The zero-order chi connectivity index (χ0) is 18.3. The molecule has 0 aliphatic carbocycles. The number of nitrogens with one attached hydrogen (secondary N) is 2. The summed E-state index contributed by atoms with van der Waals surface area (Å²) in [5.41, 5.74) is 8.59. The van der Waals surface area contributed by atoms with E-state index in [2.05, 4.69) is 17.2 Å². The summed E-state index contributed by atoms with van der Waals surface area (Å²) in [5.74, 6) is 4.63. The standard InChI is InChI=1S/C18H23N3O3/c1-12(2)6-5-7-13-8-10-14(11-9-13)16(22)20-15(17(23)21-24)18(3,4)19/h6,8-11,15,24H,19H2,1-4H3,(H,20,22)(H,21,23)/t15-/m1/s1. The average molecular weight is 329 g/mol. The Balaban J connectivity index is 2.89. The molecule has 0 bridgehead atoms. The maximum atomic E-state index is 12.3. The van der Waals surface area contributed by atoms with Gasteiger partial charge in [-0.3, -0.25) is 14.8 Å². The molecule has 0 aliphatic heterocycles. The van der Waals surface area contributed by atoms with Crippen LogP contribution in [0.1, 0.15) is 43.6 Å². The second-order valence-electron chi connectivity index (χ2n) is 6.27. The lowest BCUT2D eigenvalue weighted by Crippen LogP contribution is -2.61. The van der Waals surface area contributed by atoms with Gasteiger partial charge < -0.3 is 11.1 Å². The topological polar surface area (TPSA) is 104 Å². The highest BCUT2D eigenvalue weighted by molar-refractivity contribution is 5.97. The second kappa shape index (κ2) is 8.29. The molecule has 128 valence electrons. The van der Waals surface area contributed by atoms with Gasteiger partial charge in [0.15, 0.2) is 0 Å². The van der Waals surface area contributed by atoms with Gasteiger partial charge in [-0.05, 0) is 58.0 Å². The van der Waals surface area contributed by atoms with Crippen LogP contribution in [0.5, 0.6) is 0 Å². The molecular weight excluding hydrogens is 306 g/mol. The predicted octanol–water partition coefficient (Wildman–Crippen LogP) is 1.35. The van der Waals surface area contributed by atoms with E-state index < -0.39 is 23.4 Å². The zero-order valence-electron chi connectivity index (χ0n) is 14.3. The molecule has 0 aliphatic rings. The fourth-order valence-corrected chi connectivity index (χ4v) is 1.84. The molecule has 24 heavy (non-hydrogen) atoms. The minimum atomic E-state index is -1.08. The lowest BCUT2D eigenvalue weighted by Gasteiger charge is -2.29. The molecular formula is C18H23N3O3. The molecule has 0 unspecified atom stereocenters. The van der Waals surface area contributed by atoms with Gasteiger partial charge in [-0.2, -0.15) is 0 Å². The molecule has 0 aromatic heterocycles. The SMILES string of the molecule is CC(C)=CC#Cc1ccc(C(=O)N[C@H](C(=O)NO)C(C)(C)N)cc1. The maximum Gasteiger partial charge on any atom is 0.267 e. The second-order valence-corrected chi connectivity index (χ2v) is 6.27. The highest BCUT2D eigenvalue weighted by Gasteiger charge is 2.33. The fourth-order valence-electron chi connectivity index (χ4n) is 1.84. The van der Waals surface area contributed by atoms with Crippen molar-refractivity contribution in [3.05, 3.63) is 47.0 Å². The van der Waals surface area contributed by atoms with Crippen LogP contribution in [0.15, 0.2) is 35.9 Å². The molecule has 0 fully saturated rings. The Hall–Kier alpha value is -2.62. The average Bonchev–Trinajstić information content (AvgIpc) is 2.51. The van der Waals surface area contributed by atoms with Crippen LogP contribution in [0.25, 0.3) is 0 Å². The van der Waals surface area contributed by atoms with E-state index in [1.807, 2.05) is 19.9 Å². The van der Waals surface area contributed by atoms with Crippen molar-refractivity contribution in [2.45, 2.75) is 39.3 Å². The van der Waals surface area contributed by atoms with Crippen LogP contribution >= 0.6 is 0 Å². The summed E-state index contributed by atoms with van der Waals surface area (Å²) in [7, 11) is 0. The summed E-state index contributed by atoms with van der Waals surface area (Å²) in [6.45, 7) is 7.07. The van der Waals surface area contributed by atoms with E-state index >= 15 is 0 Å². The number of carbonyl (C=O) groups is 2. The van der Waals surface area contributed by atoms with E-state index in [4.69, 9.17) is 10.9 Å². The molecule has 2 amide bonds. The summed E-state index contributed by atoms with van der Waals surface area (Å²) in [6.07, 6.45) is 1.81. The largest absolute Gasteiger partial charge is 0.338 e. The number of allylic oxidation sites excluding steroid dienone is 2. The number of hydroxylamine groups is 1. The van der Waals surface area contributed by atoms with Gasteiger partial charge in [-0.15, -0.1) is 0 Å². The van der Waals surface area contributed by atoms with Crippen molar-refractivity contribution >= 4 is 11.8 Å². The van der Waals surface area contributed by atoms with Gasteiger partial charge in [0.25, 0.3) is 11.8 Å². The van der Waals surface area contributed by atoms with E-state index in [0.717, 1.165) is 11.1 Å². The molecule has 1 rings (SSSR count). The lowest BCUT2D eigenvalue weighted by atomic mass is 9.95. The van der Waals surface area contributed by atoms with Crippen molar-refractivity contribution < 1.29 is 14.8 Å². The summed E-state index contributed by atoms with van der Waals surface area (Å²) in [6, 6.07) is 5.58. The van der Waals surface area contributed by atoms with Gasteiger partial charge >= 0.3 is 0 Å². The maximum absolute atomic E-state index is 12.3. The molecule has 6 nitrogen and oxygen atoms in total. The van der Waals surface area contributed by atoms with Crippen LogP contribution in [0, 0.1) is 11.8 Å². The first-order valence-corrected chi connectivity index (χ1v) is 7.44. The molecule has 1 atom stereocenters. The van der Waals surface area contributed by atoms with Crippen LogP contribution in [0.4, 0.5) is 0 Å². The first kappa shape index (κ1) is 19.4. The molecule has 1 aromatic carbocycles. The minimum Gasteiger partial charge on any atom is -0.338 e. The first-order valence-electron chi connectivity index (χ1n) is 7.44. The molecule has 1 aromatic rings. The number of rotatable bonds is 4. The van der Waals surface area contributed by atoms with Crippen molar-refractivity contribution in [2.75, 3.05) is 0 Å². The monoisotopic (exact) mass is 329 g/mol. The van der Waals surface area contributed by atoms with Gasteiger partial charge in [-0.25, -0.2) is 5.48 Å². The van der Waals surface area contributed by atoms with Crippen LogP contribution in [0.2, 0.25) is 0 Å². The van der Waals surface area contributed by atoms with Crippen molar-refractivity contribution in [1.29, 1.82) is 0 Å². The Morgan fingerprint density at radius 2 is 1.83 bits per heavy atom. The van der Waals surface area contributed by atoms with Crippen molar-refractivity contribution in [3.8, 4) is 11.8 Å². The van der Waals surface area contributed by atoms with E-state index in [0.29, 0.717) is 5.56 Å². The summed E-state index contributed by atoms with van der Waals surface area (Å²) in [4.78, 5) is 23.9. The fraction of sp³-hybridized carbons (Fsp3) is 0.333. The molecule has 0 radical (unpaired) electrons. The highest BCUT2D eigenvalue weighted by Crippen LogP contribution is 2.09. The Morgan fingerprint density at radius 3 is 2.29 bits per heavy atom. The Bertz CT molecular complexity index is 685. The van der Waals surface area contributed by atoms with Crippen molar-refractivity contribution in [2.24, 2.45) is 5.73 Å². The highest BCUT2D eigenvalue weighted by atomic mass is 16.5. The van der Waals surface area contributed by atoms with Gasteiger partial charge in [0.1, 0.15) is 6.04 Å². The number of carbonyl (C=O) groups excluding carboxylic acids is 2. The third-order valence-corrected chi connectivity index (χ3v) is 3.12. The van der Waals surface area contributed by atoms with Gasteiger partial charge in [0, 0.05) is 16.7 Å². The summed E-state index contributed by atoms with van der Waals surface area (Å²) < 4.78 is 0. The molecule has 5 N–H and O–H groups in total. The quantitative estimate of drug-likeness (QED) is 0.380. The van der Waals surface area contributed by atoms with Crippen LogP contribution in [0.3, 0.4) is 0 Å². The molecule has 0 heterocycles. The number of hydrogen-bond donors (Lipinski definition) is 4. The third-order valence-electron chi connectivity index (χ3n) is 3.12. The molecule has 6 heteroatoms. The van der Waals surface area contributed by atoms with Crippen LogP contribution in [-0.2, 0) is 4.79 Å². The number of hydrogen-bond acceptors (Lipinski definition) is 4. The van der Waals surface area contributed by atoms with Crippen LogP contribution < -0.4 is 16.5 Å². The van der Waals surface area contributed by atoms with E-state index in [-0.39, 0.29) is 0 Å². The summed E-state index contributed by atoms with van der Waals surface area (Å²) in [5, 5.41) is 11.3. The van der Waals surface area contributed by atoms with Gasteiger partial charge in [0.05, 0.1) is 0 Å². The third kappa shape index (κ3) is 5.88. The smallest absolute Gasteiger partial charge is 0.267 e. The first-order chi connectivity index (χ1) is 11.1. The number of benzene rings is 1. The lowest BCUT2D eigenvalue weighted by molar-refractivity contribution is -0.132. The van der Waals surface area contributed by atoms with Crippen LogP contribution in [-0.4, -0.2) is 28.6 Å². The van der Waals surface area contributed by atoms with Crippen molar-refractivity contribution in [3.63, 3.8) is 0 Å². The minimum absolute atomic E-state index is 0.364. The van der Waals surface area contributed by atoms with Crippen molar-refractivity contribution in [1.82, 2.24) is 10.8 Å². The Labute approximate surface area is 142 Å². The molecule has 0 spiro atoms. The van der Waals surface area contributed by atoms with E-state index in [1.54, 1.807) is 38.1 Å². The Morgan fingerprint density at radius 1 is 1.25 bits per heavy atom. The number of amides is 2. The normalized spacial score (nSPS) is 11.6. The Kier molecular flexibility index (Phi) is 6.71. The van der Waals surface area contributed by atoms with E-state index in [9.17, 15) is 9.59 Å². The summed E-state index contributed by atoms with van der Waals surface area (Å²) >= 11 is 0. The molecule has 0 saturated heterocycles. The van der Waals surface area contributed by atoms with Gasteiger partial charge in [-0.1, -0.05) is 17.4 Å². The number of nitrogens with two attached hydrogens (primary N) is 1. The zero-order valence-corrected chi connectivity index (χ0v) is 14.3. The van der Waals surface area contributed by atoms with Gasteiger partial charge in [0.2, 0.25) is 0 Å². The van der Waals surface area contributed by atoms with E-state index in [1.165, 1.54) is 5.48 Å².